The molecule has 3 heterocycles. The van der Waals surface area contributed by atoms with Crippen molar-refractivity contribution in [2.45, 2.75) is 0 Å². The zero-order chi connectivity index (χ0) is 37.0. The van der Waals surface area contributed by atoms with Gasteiger partial charge in [0.2, 0.25) is 0 Å². The van der Waals surface area contributed by atoms with E-state index in [2.05, 4.69) is 140 Å². The first-order valence-corrected chi connectivity index (χ1v) is 19.5. The van der Waals surface area contributed by atoms with Gasteiger partial charge in [0.15, 0.2) is 17.5 Å². The number of hydrogen-bond acceptors (Lipinski definition) is 5. The fourth-order valence-corrected chi connectivity index (χ4v) is 8.95. The molecule has 4 nitrogen and oxygen atoms in total. The van der Waals surface area contributed by atoms with E-state index in [0.29, 0.717) is 17.5 Å². The van der Waals surface area contributed by atoms with Crippen molar-refractivity contribution in [3.8, 4) is 67.5 Å². The first-order valence-electron chi connectivity index (χ1n) is 18.7. The van der Waals surface area contributed by atoms with Gasteiger partial charge in [-0.25, -0.2) is 15.0 Å². The molecule has 0 radical (unpaired) electrons. The van der Waals surface area contributed by atoms with Gasteiger partial charge in [0.1, 0.15) is 11.2 Å². The minimum atomic E-state index is 0.596. The average molecular weight is 734 g/mol. The molecule has 0 atom stereocenters. The molecule has 11 rings (SSSR count). The lowest BCUT2D eigenvalue weighted by atomic mass is 9.96. The minimum absolute atomic E-state index is 0.596. The summed E-state index contributed by atoms with van der Waals surface area (Å²) in [5.74, 6) is 1.83. The van der Waals surface area contributed by atoms with Crippen LogP contribution in [0.5, 0.6) is 0 Å². The van der Waals surface area contributed by atoms with Gasteiger partial charge in [0.05, 0.1) is 0 Å². The maximum absolute atomic E-state index is 6.53. The van der Waals surface area contributed by atoms with Crippen LogP contribution in [0, 0.1) is 0 Å². The third-order valence-electron chi connectivity index (χ3n) is 10.6. The molecule has 262 valence electrons. The summed E-state index contributed by atoms with van der Waals surface area (Å²) in [5.41, 5.74) is 11.4. The Morgan fingerprint density at radius 3 is 1.59 bits per heavy atom. The third-order valence-corrected chi connectivity index (χ3v) is 11.7. The summed E-state index contributed by atoms with van der Waals surface area (Å²) in [4.78, 5) is 15.3. The molecule has 0 saturated heterocycles. The number of hydrogen-bond donors (Lipinski definition) is 0. The molecule has 11 aromatic rings. The van der Waals surface area contributed by atoms with Crippen molar-refractivity contribution in [1.82, 2.24) is 15.0 Å². The number of rotatable bonds is 6. The van der Waals surface area contributed by atoms with Gasteiger partial charge >= 0.3 is 0 Å². The van der Waals surface area contributed by atoms with Gasteiger partial charge in [-0.05, 0) is 69.8 Å². The summed E-state index contributed by atoms with van der Waals surface area (Å²) in [5, 5.41) is 4.53. The average Bonchev–Trinajstić information content (AvgIpc) is 3.85. The van der Waals surface area contributed by atoms with Crippen LogP contribution in [0.15, 0.2) is 192 Å². The Labute approximate surface area is 327 Å². The topological polar surface area (TPSA) is 51.8 Å². The van der Waals surface area contributed by atoms with E-state index in [1.54, 1.807) is 0 Å². The van der Waals surface area contributed by atoms with E-state index >= 15 is 0 Å². The van der Waals surface area contributed by atoms with Gasteiger partial charge in [-0.15, -0.1) is 11.3 Å². The Hall–Kier alpha value is -7.21. The molecule has 0 aliphatic heterocycles. The smallest absolute Gasteiger partial charge is 0.164 e. The van der Waals surface area contributed by atoms with E-state index in [1.807, 2.05) is 59.9 Å². The fourth-order valence-electron chi connectivity index (χ4n) is 7.84. The third kappa shape index (κ3) is 5.56. The molecular formula is C51H31N3OS. The monoisotopic (exact) mass is 733 g/mol. The summed E-state index contributed by atoms with van der Waals surface area (Å²) in [7, 11) is 0. The van der Waals surface area contributed by atoms with Crippen molar-refractivity contribution in [3.05, 3.63) is 188 Å². The molecule has 3 aromatic heterocycles. The van der Waals surface area contributed by atoms with Gasteiger partial charge < -0.3 is 4.42 Å². The standard InChI is InChI=1S/C51H31N3OS/c1-4-12-32(13-5-1)34-22-24-36(25-23-34)50-52-49(35-16-8-3-9-17-35)53-51(54-50)40-19-10-20-44-47(40)41-31-38(26-28-43(41)55-44)39-18-11-21-46-48(39)42-30-37(27-29-45(42)56-46)33-14-6-2-7-15-33/h1-31H. The van der Waals surface area contributed by atoms with Crippen LogP contribution >= 0.6 is 11.3 Å². The van der Waals surface area contributed by atoms with Crippen LogP contribution in [0.4, 0.5) is 0 Å². The van der Waals surface area contributed by atoms with Gasteiger partial charge in [0.25, 0.3) is 0 Å². The lowest BCUT2D eigenvalue weighted by Gasteiger charge is -2.10. The Balaban J connectivity index is 1.08. The summed E-state index contributed by atoms with van der Waals surface area (Å²) < 4.78 is 9.07. The molecule has 0 aliphatic carbocycles. The Kier molecular flexibility index (Phi) is 7.64. The summed E-state index contributed by atoms with van der Waals surface area (Å²) in [6.07, 6.45) is 0. The van der Waals surface area contributed by atoms with Crippen LogP contribution in [-0.2, 0) is 0 Å². The minimum Gasteiger partial charge on any atom is -0.456 e. The van der Waals surface area contributed by atoms with E-state index in [1.165, 1.54) is 42.4 Å². The molecule has 0 saturated carbocycles. The Bertz CT molecular complexity index is 3230. The second-order valence-corrected chi connectivity index (χ2v) is 15.0. The van der Waals surface area contributed by atoms with Crippen LogP contribution in [0.2, 0.25) is 0 Å². The molecule has 8 aromatic carbocycles. The second kappa shape index (κ2) is 13.3. The van der Waals surface area contributed by atoms with Crippen LogP contribution in [0.1, 0.15) is 0 Å². The first-order chi connectivity index (χ1) is 27.7. The fraction of sp³-hybridized carbons (Fsp3) is 0. The van der Waals surface area contributed by atoms with Gasteiger partial charge in [-0.1, -0.05) is 152 Å². The molecule has 0 amide bonds. The summed E-state index contributed by atoms with van der Waals surface area (Å²) >= 11 is 1.84. The van der Waals surface area contributed by atoms with Crippen molar-refractivity contribution in [2.24, 2.45) is 0 Å². The van der Waals surface area contributed by atoms with Gasteiger partial charge in [0, 0.05) is 47.6 Å². The number of benzene rings is 8. The van der Waals surface area contributed by atoms with Crippen LogP contribution in [0.3, 0.4) is 0 Å². The second-order valence-electron chi connectivity index (χ2n) is 14.0. The first kappa shape index (κ1) is 32.2. The normalized spacial score (nSPS) is 11.6. The highest BCUT2D eigenvalue weighted by Crippen LogP contribution is 2.44. The van der Waals surface area contributed by atoms with Crippen molar-refractivity contribution in [3.63, 3.8) is 0 Å². The van der Waals surface area contributed by atoms with E-state index in [-0.39, 0.29) is 0 Å². The summed E-state index contributed by atoms with van der Waals surface area (Å²) in [6, 6.07) is 65.7. The zero-order valence-electron chi connectivity index (χ0n) is 30.1. The number of thiophene rings is 1. The molecule has 0 N–H and O–H groups in total. The predicted octanol–water partition coefficient (Wildman–Crippen LogP) is 14.1. The summed E-state index contributed by atoms with van der Waals surface area (Å²) in [6.45, 7) is 0. The van der Waals surface area contributed by atoms with Crippen molar-refractivity contribution < 1.29 is 4.42 Å². The number of nitrogens with zero attached hydrogens (tertiary/aromatic N) is 3. The Morgan fingerprint density at radius 2 is 0.857 bits per heavy atom. The Morgan fingerprint density at radius 1 is 0.321 bits per heavy atom. The number of aromatic nitrogens is 3. The predicted molar refractivity (Wildman–Crippen MR) is 233 cm³/mol. The van der Waals surface area contributed by atoms with Crippen LogP contribution in [0.25, 0.3) is 110 Å². The molecule has 0 fully saturated rings. The van der Waals surface area contributed by atoms with E-state index in [9.17, 15) is 0 Å². The molecular weight excluding hydrogens is 703 g/mol. The highest BCUT2D eigenvalue weighted by molar-refractivity contribution is 7.26. The lowest BCUT2D eigenvalue weighted by Crippen LogP contribution is -2.00. The van der Waals surface area contributed by atoms with Crippen LogP contribution in [-0.4, -0.2) is 15.0 Å². The van der Waals surface area contributed by atoms with E-state index in [0.717, 1.165) is 49.8 Å². The largest absolute Gasteiger partial charge is 0.456 e. The molecule has 5 heteroatoms. The molecule has 0 bridgehead atoms. The molecule has 0 aliphatic rings. The van der Waals surface area contributed by atoms with E-state index < -0.39 is 0 Å². The lowest BCUT2D eigenvalue weighted by molar-refractivity contribution is 0.669. The van der Waals surface area contributed by atoms with Gasteiger partial charge in [-0.2, -0.15) is 0 Å². The quantitative estimate of drug-likeness (QED) is 0.171. The number of fused-ring (bicyclic) bond motifs is 6. The maximum Gasteiger partial charge on any atom is 0.164 e. The molecule has 56 heavy (non-hydrogen) atoms. The van der Waals surface area contributed by atoms with E-state index in [4.69, 9.17) is 19.4 Å². The maximum atomic E-state index is 6.53. The molecule has 0 spiro atoms. The SMILES string of the molecule is c1ccc(-c2ccc(-c3nc(-c4ccccc4)nc(-c4cccc5oc6ccc(-c7cccc8sc9ccc(-c%10ccccc%10)cc9c78)cc6c45)n3)cc2)cc1. The van der Waals surface area contributed by atoms with Crippen molar-refractivity contribution in [2.75, 3.05) is 0 Å². The van der Waals surface area contributed by atoms with Crippen molar-refractivity contribution in [1.29, 1.82) is 0 Å². The zero-order valence-corrected chi connectivity index (χ0v) is 30.9. The van der Waals surface area contributed by atoms with Crippen LogP contribution < -0.4 is 0 Å². The highest BCUT2D eigenvalue weighted by atomic mass is 32.1. The number of furan rings is 1. The van der Waals surface area contributed by atoms with Crippen molar-refractivity contribution >= 4 is 53.4 Å². The molecule has 0 unspecified atom stereocenters. The highest BCUT2D eigenvalue weighted by Gasteiger charge is 2.19. The van der Waals surface area contributed by atoms with Gasteiger partial charge in [-0.3, -0.25) is 0 Å².